The largest absolute Gasteiger partial charge is 0.369 e. The van der Waals surface area contributed by atoms with Crippen molar-refractivity contribution < 1.29 is 4.79 Å². The number of nitrogens with zero attached hydrogens (tertiary/aromatic N) is 5. The Kier molecular flexibility index (Phi) is 9.12. The quantitative estimate of drug-likeness (QED) is 0.433. The van der Waals surface area contributed by atoms with Crippen LogP contribution in [0.1, 0.15) is 25.7 Å². The molecule has 2 saturated heterocycles. The van der Waals surface area contributed by atoms with E-state index in [9.17, 15) is 4.79 Å². The molecule has 4 rings (SSSR count). The van der Waals surface area contributed by atoms with Gasteiger partial charge < -0.3 is 30.7 Å². The topological polar surface area (TPSA) is 88.7 Å². The Labute approximate surface area is 217 Å². The second-order valence-electron chi connectivity index (χ2n) is 9.04. The zero-order valence-electron chi connectivity index (χ0n) is 20.2. The van der Waals surface area contributed by atoms with Crippen molar-refractivity contribution in [1.29, 1.82) is 0 Å². The van der Waals surface area contributed by atoms with Crippen molar-refractivity contribution >= 4 is 52.5 Å². The lowest BCUT2D eigenvalue weighted by Gasteiger charge is -2.22. The molecule has 2 fully saturated rings. The van der Waals surface area contributed by atoms with Gasteiger partial charge in [0.15, 0.2) is 0 Å². The van der Waals surface area contributed by atoms with Crippen molar-refractivity contribution in [3.8, 4) is 0 Å². The molecule has 3 N–H and O–H groups in total. The van der Waals surface area contributed by atoms with Gasteiger partial charge in [0.25, 0.3) is 0 Å². The zero-order chi connectivity index (χ0) is 24.6. The molecular formula is C24H34Cl2N8O. The normalized spacial score (nSPS) is 15.7. The first kappa shape index (κ1) is 25.6. The summed E-state index contributed by atoms with van der Waals surface area (Å²) in [5, 5.41) is 9.95. The highest BCUT2D eigenvalue weighted by Gasteiger charge is 2.20. The minimum Gasteiger partial charge on any atom is -0.369 e. The molecule has 0 bridgehead atoms. The Morgan fingerprint density at radius 3 is 2.34 bits per heavy atom. The van der Waals surface area contributed by atoms with Gasteiger partial charge >= 0.3 is 6.03 Å². The Hall–Kier alpha value is -2.49. The highest BCUT2D eigenvalue weighted by Crippen LogP contribution is 2.26. The van der Waals surface area contributed by atoms with Crippen LogP contribution in [0.15, 0.2) is 24.3 Å². The molecule has 2 aliphatic rings. The molecule has 9 nitrogen and oxygen atoms in total. The number of carbonyl (C=O) groups excluding carboxylic acids is 1. The number of aromatic nitrogens is 2. The molecule has 35 heavy (non-hydrogen) atoms. The van der Waals surface area contributed by atoms with Crippen LogP contribution in [0.2, 0.25) is 10.0 Å². The first-order valence-electron chi connectivity index (χ1n) is 12.3. The molecule has 3 heterocycles. The number of benzene rings is 1. The summed E-state index contributed by atoms with van der Waals surface area (Å²) in [6.07, 6.45) is 4.83. The maximum Gasteiger partial charge on any atom is 0.319 e. The first-order chi connectivity index (χ1) is 17.0. The van der Waals surface area contributed by atoms with E-state index in [0.29, 0.717) is 22.3 Å². The van der Waals surface area contributed by atoms with Gasteiger partial charge in [-0.1, -0.05) is 23.2 Å². The van der Waals surface area contributed by atoms with E-state index < -0.39 is 0 Å². The van der Waals surface area contributed by atoms with Gasteiger partial charge in [0.1, 0.15) is 11.6 Å². The Morgan fingerprint density at radius 2 is 1.63 bits per heavy atom. The van der Waals surface area contributed by atoms with Crippen LogP contribution in [0.5, 0.6) is 0 Å². The molecule has 11 heteroatoms. The fraction of sp³-hybridized carbons (Fsp3) is 0.542. The molecule has 0 radical (unpaired) electrons. The highest BCUT2D eigenvalue weighted by molar-refractivity contribution is 6.42. The average molecular weight is 521 g/mol. The van der Waals surface area contributed by atoms with Gasteiger partial charge in [0.2, 0.25) is 5.95 Å². The SMILES string of the molecule is CN(CCNC(=O)Nc1ccc(Cl)c(Cl)c1)CCNc1cc(N2CCCC2)nc(N2CCCC2)n1. The maximum absolute atomic E-state index is 12.1. The molecule has 0 spiro atoms. The van der Waals surface area contributed by atoms with E-state index in [1.165, 1.54) is 25.7 Å². The minimum atomic E-state index is -0.278. The van der Waals surface area contributed by atoms with Crippen LogP contribution in [0, 0.1) is 0 Å². The fourth-order valence-electron chi connectivity index (χ4n) is 4.28. The van der Waals surface area contributed by atoms with Gasteiger partial charge in [-0.05, 0) is 50.9 Å². The van der Waals surface area contributed by atoms with E-state index in [0.717, 1.165) is 63.4 Å². The minimum absolute atomic E-state index is 0.278. The van der Waals surface area contributed by atoms with Gasteiger partial charge in [-0.3, -0.25) is 0 Å². The van der Waals surface area contributed by atoms with E-state index in [2.05, 4.69) is 36.7 Å². The molecule has 0 saturated carbocycles. The van der Waals surface area contributed by atoms with Crippen LogP contribution < -0.4 is 25.8 Å². The summed E-state index contributed by atoms with van der Waals surface area (Å²) >= 11 is 11.9. The number of anilines is 4. The summed E-state index contributed by atoms with van der Waals surface area (Å²) < 4.78 is 0. The standard InChI is InChI=1S/C24H34Cl2N8O/c1-32(15-9-28-24(35)29-18-6-7-19(25)20(26)16-18)14-8-27-21-17-22(33-10-2-3-11-33)31-23(30-21)34-12-4-5-13-34/h6-7,16-17H,2-5,8-15H2,1H3,(H,27,30,31)(H2,28,29,35). The third kappa shape index (κ3) is 7.49. The van der Waals surface area contributed by atoms with Crippen molar-refractivity contribution in [1.82, 2.24) is 20.2 Å². The number of nitrogens with one attached hydrogen (secondary N) is 3. The lowest BCUT2D eigenvalue weighted by molar-refractivity contribution is 0.249. The zero-order valence-corrected chi connectivity index (χ0v) is 21.7. The van der Waals surface area contributed by atoms with Gasteiger partial charge in [0, 0.05) is 64.1 Å². The predicted octanol–water partition coefficient (Wildman–Crippen LogP) is 4.15. The van der Waals surface area contributed by atoms with E-state index in [-0.39, 0.29) is 6.03 Å². The molecular weight excluding hydrogens is 487 g/mol. The van der Waals surface area contributed by atoms with Gasteiger partial charge in [-0.2, -0.15) is 9.97 Å². The highest BCUT2D eigenvalue weighted by atomic mass is 35.5. The van der Waals surface area contributed by atoms with Gasteiger partial charge in [-0.15, -0.1) is 0 Å². The van der Waals surface area contributed by atoms with Crippen LogP contribution in [0.3, 0.4) is 0 Å². The molecule has 2 aromatic rings. The van der Waals surface area contributed by atoms with E-state index in [1.807, 2.05) is 7.05 Å². The second-order valence-corrected chi connectivity index (χ2v) is 9.85. The summed E-state index contributed by atoms with van der Waals surface area (Å²) in [4.78, 5) is 28.6. The van der Waals surface area contributed by atoms with Crippen LogP contribution in [-0.2, 0) is 0 Å². The van der Waals surface area contributed by atoms with Gasteiger partial charge in [-0.25, -0.2) is 4.79 Å². The van der Waals surface area contributed by atoms with E-state index in [4.69, 9.17) is 33.2 Å². The van der Waals surface area contributed by atoms with E-state index in [1.54, 1.807) is 18.2 Å². The van der Waals surface area contributed by atoms with Crippen LogP contribution in [0.4, 0.5) is 28.1 Å². The van der Waals surface area contributed by atoms with Crippen LogP contribution in [0.25, 0.3) is 0 Å². The summed E-state index contributed by atoms with van der Waals surface area (Å²) in [5.41, 5.74) is 0.598. The second kappa shape index (κ2) is 12.5. The maximum atomic E-state index is 12.1. The molecule has 2 aliphatic heterocycles. The third-order valence-corrected chi connectivity index (χ3v) is 7.02. The molecule has 1 aromatic carbocycles. The molecule has 2 amide bonds. The molecule has 1 aromatic heterocycles. The van der Waals surface area contributed by atoms with Crippen molar-refractivity contribution in [2.24, 2.45) is 0 Å². The predicted molar refractivity (Wildman–Crippen MR) is 144 cm³/mol. The summed E-state index contributed by atoms with van der Waals surface area (Å²) in [6.45, 7) is 6.98. The lowest BCUT2D eigenvalue weighted by Crippen LogP contribution is -2.37. The monoisotopic (exact) mass is 520 g/mol. The average Bonchev–Trinajstić information content (AvgIpc) is 3.56. The molecule has 0 atom stereocenters. The number of hydrogen-bond acceptors (Lipinski definition) is 7. The number of hydrogen-bond donors (Lipinski definition) is 3. The molecule has 0 unspecified atom stereocenters. The van der Waals surface area contributed by atoms with Crippen molar-refractivity contribution in [2.45, 2.75) is 25.7 Å². The number of halogens is 2. The number of carbonyl (C=O) groups is 1. The van der Waals surface area contributed by atoms with Crippen molar-refractivity contribution in [2.75, 3.05) is 79.8 Å². The van der Waals surface area contributed by atoms with Crippen molar-refractivity contribution in [3.63, 3.8) is 0 Å². The smallest absolute Gasteiger partial charge is 0.319 e. The summed E-state index contributed by atoms with van der Waals surface area (Å²) in [7, 11) is 2.03. The lowest BCUT2D eigenvalue weighted by atomic mass is 10.3. The van der Waals surface area contributed by atoms with Crippen molar-refractivity contribution in [3.05, 3.63) is 34.3 Å². The Bertz CT molecular complexity index is 961. The van der Waals surface area contributed by atoms with Crippen LogP contribution >= 0.6 is 23.2 Å². The third-order valence-electron chi connectivity index (χ3n) is 6.28. The molecule has 190 valence electrons. The Balaban J connectivity index is 1.21. The Morgan fingerprint density at radius 1 is 0.943 bits per heavy atom. The molecule has 0 aliphatic carbocycles. The summed E-state index contributed by atoms with van der Waals surface area (Å²) in [5.74, 6) is 2.73. The van der Waals surface area contributed by atoms with Gasteiger partial charge in [0.05, 0.1) is 10.0 Å². The fourth-order valence-corrected chi connectivity index (χ4v) is 4.57. The number of amides is 2. The summed E-state index contributed by atoms with van der Waals surface area (Å²) in [6, 6.07) is 6.78. The van der Waals surface area contributed by atoms with Crippen LogP contribution in [-0.4, -0.2) is 80.3 Å². The number of rotatable bonds is 10. The number of likely N-dealkylation sites (N-methyl/N-ethyl adjacent to an activating group) is 1. The first-order valence-corrected chi connectivity index (χ1v) is 13.0. The van der Waals surface area contributed by atoms with E-state index >= 15 is 0 Å². The number of urea groups is 1.